The summed E-state index contributed by atoms with van der Waals surface area (Å²) in [4.78, 5) is 24.2. The van der Waals surface area contributed by atoms with Gasteiger partial charge in [-0.2, -0.15) is 0 Å². The quantitative estimate of drug-likeness (QED) is 0.805. The molecule has 0 spiro atoms. The van der Waals surface area contributed by atoms with Crippen LogP contribution in [-0.4, -0.2) is 49.0 Å². The summed E-state index contributed by atoms with van der Waals surface area (Å²) < 4.78 is 10.1. The molecule has 0 radical (unpaired) electrons. The van der Waals surface area contributed by atoms with Crippen LogP contribution in [0.2, 0.25) is 0 Å². The third kappa shape index (κ3) is 2.84. The maximum atomic E-state index is 11.5. The molecular weight excluding hydrogens is 262 g/mol. The molecule has 1 heterocycles. The lowest BCUT2D eigenvalue weighted by Gasteiger charge is -2.16. The van der Waals surface area contributed by atoms with Crippen molar-refractivity contribution in [3.05, 3.63) is 17.7 Å². The third-order valence-electron chi connectivity index (χ3n) is 3.28. The van der Waals surface area contributed by atoms with Gasteiger partial charge in [-0.05, 0) is 24.1 Å². The van der Waals surface area contributed by atoms with Gasteiger partial charge in [0.2, 0.25) is 11.7 Å². The Morgan fingerprint density at radius 3 is 2.25 bits per heavy atom. The lowest BCUT2D eigenvalue weighted by molar-refractivity contribution is -0.127. The molecule has 1 N–H and O–H groups in total. The fourth-order valence-electron chi connectivity index (χ4n) is 2.20. The average molecular weight is 279 g/mol. The number of Topliss-reactive ketones (excluding diaryl/α,β-unsaturated/α-hetero) is 1. The lowest BCUT2D eigenvalue weighted by Crippen LogP contribution is -2.27. The fourth-order valence-corrected chi connectivity index (χ4v) is 2.20. The van der Waals surface area contributed by atoms with Gasteiger partial charge >= 0.3 is 0 Å². The van der Waals surface area contributed by atoms with Crippen molar-refractivity contribution in [3.8, 4) is 17.2 Å². The normalized spacial score (nSPS) is 14.8. The number of hydrogen-bond donors (Lipinski definition) is 1. The van der Waals surface area contributed by atoms with Crippen molar-refractivity contribution in [2.45, 2.75) is 12.8 Å². The molecular formula is C14H17NO5. The first-order chi connectivity index (χ1) is 9.55. The number of methoxy groups -OCH3 is 2. The zero-order valence-corrected chi connectivity index (χ0v) is 11.5. The van der Waals surface area contributed by atoms with E-state index in [1.165, 1.54) is 19.1 Å². The number of rotatable bonds is 5. The van der Waals surface area contributed by atoms with Crippen LogP contribution in [-0.2, 0) is 16.0 Å². The highest BCUT2D eigenvalue weighted by atomic mass is 16.5. The largest absolute Gasteiger partial charge is 0.502 e. The minimum atomic E-state index is -0.132. The van der Waals surface area contributed by atoms with Crippen LogP contribution in [0.1, 0.15) is 12.0 Å². The number of phenolic OH excluding ortho intramolecular Hbond substituents is 1. The van der Waals surface area contributed by atoms with Crippen LogP contribution in [0.15, 0.2) is 12.1 Å². The van der Waals surface area contributed by atoms with Gasteiger partial charge in [-0.1, -0.05) is 0 Å². The first-order valence-corrected chi connectivity index (χ1v) is 6.28. The van der Waals surface area contributed by atoms with Crippen LogP contribution < -0.4 is 9.47 Å². The van der Waals surface area contributed by atoms with E-state index in [-0.39, 0.29) is 30.4 Å². The number of phenols is 1. The number of nitrogens with zero attached hydrogens (tertiary/aromatic N) is 1. The van der Waals surface area contributed by atoms with Crippen LogP contribution in [0, 0.1) is 0 Å². The Balaban J connectivity index is 2.09. The molecule has 1 aliphatic rings. The zero-order chi connectivity index (χ0) is 14.7. The van der Waals surface area contributed by atoms with E-state index in [1.807, 2.05) is 0 Å². The molecule has 20 heavy (non-hydrogen) atoms. The molecule has 0 atom stereocenters. The van der Waals surface area contributed by atoms with E-state index in [4.69, 9.17) is 9.47 Å². The molecule has 1 aromatic carbocycles. The van der Waals surface area contributed by atoms with Crippen LogP contribution >= 0.6 is 0 Å². The number of carbonyl (C=O) groups excluding carboxylic acids is 2. The minimum Gasteiger partial charge on any atom is -0.502 e. The van der Waals surface area contributed by atoms with Gasteiger partial charge in [0.1, 0.15) is 0 Å². The summed E-state index contributed by atoms with van der Waals surface area (Å²) in [5.41, 5.74) is 0.864. The van der Waals surface area contributed by atoms with Gasteiger partial charge in [-0.3, -0.25) is 9.59 Å². The van der Waals surface area contributed by atoms with Crippen LogP contribution in [0.4, 0.5) is 0 Å². The Hall–Kier alpha value is -2.24. The van der Waals surface area contributed by atoms with E-state index >= 15 is 0 Å². The van der Waals surface area contributed by atoms with Gasteiger partial charge in [0.15, 0.2) is 17.3 Å². The maximum Gasteiger partial charge on any atom is 0.230 e. The molecule has 108 valence electrons. The number of hydrogen-bond acceptors (Lipinski definition) is 5. The van der Waals surface area contributed by atoms with Crippen LogP contribution in [0.25, 0.3) is 0 Å². The van der Waals surface area contributed by atoms with E-state index in [0.717, 1.165) is 5.56 Å². The van der Waals surface area contributed by atoms with E-state index < -0.39 is 0 Å². The van der Waals surface area contributed by atoms with Crippen molar-refractivity contribution in [2.24, 2.45) is 0 Å². The van der Waals surface area contributed by atoms with Gasteiger partial charge in [0.05, 0.1) is 27.2 Å². The number of aromatic hydroxyl groups is 1. The van der Waals surface area contributed by atoms with E-state index in [2.05, 4.69) is 0 Å². The predicted octanol–water partition coefficient (Wildman–Crippen LogP) is 0.753. The lowest BCUT2D eigenvalue weighted by atomic mass is 10.1. The number of ketones is 1. The van der Waals surface area contributed by atoms with Gasteiger partial charge in [-0.15, -0.1) is 0 Å². The molecule has 6 heteroatoms. The highest BCUT2D eigenvalue weighted by Gasteiger charge is 2.26. The summed E-state index contributed by atoms with van der Waals surface area (Å²) in [5.74, 6) is 0.418. The van der Waals surface area contributed by atoms with Gasteiger partial charge in [0.25, 0.3) is 0 Å². The summed E-state index contributed by atoms with van der Waals surface area (Å²) in [6.07, 6.45) is 0.564. The van der Waals surface area contributed by atoms with E-state index in [0.29, 0.717) is 24.5 Å². The summed E-state index contributed by atoms with van der Waals surface area (Å²) in [6, 6.07) is 3.39. The highest BCUT2D eigenvalue weighted by Crippen LogP contribution is 2.37. The molecule has 1 fully saturated rings. The molecule has 6 nitrogen and oxygen atoms in total. The number of likely N-dealkylation sites (tertiary alicyclic amines) is 1. The summed E-state index contributed by atoms with van der Waals surface area (Å²) >= 11 is 0. The Morgan fingerprint density at radius 1 is 1.20 bits per heavy atom. The number of amides is 1. The molecule has 1 aromatic rings. The number of ether oxygens (including phenoxy) is 2. The molecule has 0 aliphatic carbocycles. The smallest absolute Gasteiger partial charge is 0.230 e. The average Bonchev–Trinajstić information content (AvgIpc) is 2.75. The van der Waals surface area contributed by atoms with Gasteiger partial charge in [-0.25, -0.2) is 0 Å². The highest BCUT2D eigenvalue weighted by molar-refractivity contribution is 6.05. The molecule has 1 aliphatic heterocycles. The second kappa shape index (κ2) is 5.81. The molecule has 1 saturated heterocycles. The number of benzene rings is 1. The van der Waals surface area contributed by atoms with Crippen molar-refractivity contribution in [1.82, 2.24) is 4.90 Å². The molecule has 0 aromatic heterocycles. The van der Waals surface area contributed by atoms with Crippen LogP contribution in [0.5, 0.6) is 17.2 Å². The van der Waals surface area contributed by atoms with Crippen molar-refractivity contribution in [3.63, 3.8) is 0 Å². The second-order valence-corrected chi connectivity index (χ2v) is 4.63. The Kier molecular flexibility index (Phi) is 4.12. The number of carbonyl (C=O) groups is 2. The summed E-state index contributed by atoms with van der Waals surface area (Å²) in [7, 11) is 2.92. The Morgan fingerprint density at radius 2 is 1.80 bits per heavy atom. The second-order valence-electron chi connectivity index (χ2n) is 4.63. The van der Waals surface area contributed by atoms with E-state index in [9.17, 15) is 14.7 Å². The van der Waals surface area contributed by atoms with Crippen molar-refractivity contribution in [2.75, 3.05) is 27.3 Å². The first kappa shape index (κ1) is 14.2. The standard InChI is InChI=1S/C14H17NO5/c1-19-11-5-9(6-12(20-2)14(11)18)3-4-15-8-10(16)7-13(15)17/h5-6,18H,3-4,7-8H2,1-2H3. The first-order valence-electron chi connectivity index (χ1n) is 6.28. The molecule has 0 unspecified atom stereocenters. The molecule has 1 amide bonds. The Labute approximate surface area is 116 Å². The molecule has 0 bridgehead atoms. The SMILES string of the molecule is COc1cc(CCN2CC(=O)CC2=O)cc(OC)c1O. The van der Waals surface area contributed by atoms with Gasteiger partial charge in [0, 0.05) is 6.54 Å². The zero-order valence-electron chi connectivity index (χ0n) is 11.5. The van der Waals surface area contributed by atoms with Crippen molar-refractivity contribution >= 4 is 11.7 Å². The molecule has 2 rings (SSSR count). The van der Waals surface area contributed by atoms with Gasteiger partial charge < -0.3 is 19.5 Å². The monoisotopic (exact) mass is 279 g/mol. The molecule has 0 saturated carbocycles. The topological polar surface area (TPSA) is 76.1 Å². The summed E-state index contributed by atoms with van der Waals surface area (Å²) in [6.45, 7) is 0.646. The van der Waals surface area contributed by atoms with Crippen LogP contribution in [0.3, 0.4) is 0 Å². The maximum absolute atomic E-state index is 11.5. The minimum absolute atomic E-state index is 0.00220. The predicted molar refractivity (Wildman–Crippen MR) is 71.1 cm³/mol. The van der Waals surface area contributed by atoms with Crippen molar-refractivity contribution in [1.29, 1.82) is 0 Å². The third-order valence-corrected chi connectivity index (χ3v) is 3.28. The summed E-state index contributed by atoms with van der Waals surface area (Å²) in [5, 5.41) is 9.81. The van der Waals surface area contributed by atoms with E-state index in [1.54, 1.807) is 12.1 Å². The fraction of sp³-hybridized carbons (Fsp3) is 0.429. The van der Waals surface area contributed by atoms with Crippen molar-refractivity contribution < 1.29 is 24.2 Å². The Bertz CT molecular complexity index is 515.